The number of hydrogen-bond donors (Lipinski definition) is 0. The molecule has 0 aromatic carbocycles. The Morgan fingerprint density at radius 3 is 2.64 bits per heavy atom. The maximum absolute atomic E-state index is 5.09. The summed E-state index contributed by atoms with van der Waals surface area (Å²) in [7, 11) is 2.10. The molecule has 3 saturated carbocycles. The molecule has 1 nitrogen and oxygen atoms in total. The zero-order chi connectivity index (χ0) is 16.1. The van der Waals surface area contributed by atoms with Crippen molar-refractivity contribution in [1.82, 2.24) is 0 Å². The van der Waals surface area contributed by atoms with Gasteiger partial charge in [0.2, 0.25) is 0 Å². The molecule has 7 unspecified atom stereocenters. The summed E-state index contributed by atoms with van der Waals surface area (Å²) in [5.41, 5.74) is 3.23. The third-order valence-electron chi connectivity index (χ3n) is 7.33. The van der Waals surface area contributed by atoms with Crippen LogP contribution in [0.3, 0.4) is 0 Å². The molecule has 0 aliphatic heterocycles. The molecular weight excluding hydrogens is 266 g/mol. The summed E-state index contributed by atoms with van der Waals surface area (Å²) >= 11 is 0. The third kappa shape index (κ3) is 2.31. The van der Waals surface area contributed by atoms with Gasteiger partial charge in [0.25, 0.3) is 0 Å². The van der Waals surface area contributed by atoms with Crippen molar-refractivity contribution in [3.8, 4) is 0 Å². The molecule has 0 aromatic heterocycles. The van der Waals surface area contributed by atoms with Gasteiger partial charge in [-0.05, 0) is 62.7 Å². The van der Waals surface area contributed by atoms with Crippen LogP contribution in [0.1, 0.15) is 59.8 Å². The summed E-state index contributed by atoms with van der Waals surface area (Å²) in [5.74, 6) is 4.56. The lowest BCUT2D eigenvalue weighted by Gasteiger charge is -2.69. The second-order valence-corrected chi connectivity index (χ2v) is 8.69. The van der Waals surface area contributed by atoms with E-state index >= 15 is 0 Å². The number of rotatable bonds is 2. The van der Waals surface area contributed by atoms with Crippen LogP contribution in [0.25, 0.3) is 5.32 Å². The Kier molecular flexibility index (Phi) is 4.31. The fraction of sp³-hybridized carbons (Fsp3) is 0.810. The molecule has 7 atom stereocenters. The molecular formula is C21H34N-. The van der Waals surface area contributed by atoms with Crippen molar-refractivity contribution in [1.29, 1.82) is 0 Å². The van der Waals surface area contributed by atoms with Gasteiger partial charge in [-0.2, -0.15) is 7.05 Å². The minimum Gasteiger partial charge on any atom is -0.659 e. The predicted octanol–water partition coefficient (Wildman–Crippen LogP) is 5.98. The zero-order valence-electron chi connectivity index (χ0n) is 15.2. The minimum absolute atomic E-state index is 0.233. The highest BCUT2D eigenvalue weighted by Crippen LogP contribution is 2.63. The second kappa shape index (κ2) is 5.82. The average molecular weight is 301 g/mol. The van der Waals surface area contributed by atoms with Crippen molar-refractivity contribution in [3.05, 3.63) is 29.1 Å². The van der Waals surface area contributed by atoms with Gasteiger partial charge in [0, 0.05) is 0 Å². The van der Waals surface area contributed by atoms with E-state index < -0.39 is 0 Å². The van der Waals surface area contributed by atoms with Gasteiger partial charge in [-0.15, -0.1) is 5.54 Å². The van der Waals surface area contributed by atoms with E-state index in [0.717, 1.165) is 23.7 Å². The molecule has 0 saturated heterocycles. The SMILES string of the molecule is C=C1CCC2([N-]C)C(C)CCC3C(C)CC(C=C(C)C)C1C32. The van der Waals surface area contributed by atoms with E-state index in [1.807, 2.05) is 0 Å². The average Bonchev–Trinajstić information content (AvgIpc) is 2.46. The fourth-order valence-electron chi connectivity index (χ4n) is 6.38. The Balaban J connectivity index is 2.06. The van der Waals surface area contributed by atoms with Gasteiger partial charge >= 0.3 is 0 Å². The van der Waals surface area contributed by atoms with E-state index in [1.165, 1.54) is 43.3 Å². The van der Waals surface area contributed by atoms with Crippen LogP contribution < -0.4 is 0 Å². The van der Waals surface area contributed by atoms with Crippen molar-refractivity contribution in [2.75, 3.05) is 7.05 Å². The smallest absolute Gasteiger partial charge is 0.0123 e. The van der Waals surface area contributed by atoms with Crippen LogP contribution in [0.15, 0.2) is 23.8 Å². The molecule has 0 spiro atoms. The lowest BCUT2D eigenvalue weighted by atomic mass is 9.45. The standard InChI is InChI=1S/C21H34N/c1-13(2)11-17-12-15(4)18-8-7-16(5)21(22-6)10-9-14(3)19(17)20(18)21/h11,15-20H,3,7-10,12H2,1-2,4-6H3/q-1. The molecule has 0 heterocycles. The first-order valence-electron chi connectivity index (χ1n) is 9.34. The molecule has 124 valence electrons. The first-order valence-corrected chi connectivity index (χ1v) is 9.34. The van der Waals surface area contributed by atoms with Gasteiger partial charge in [0.1, 0.15) is 0 Å². The highest BCUT2D eigenvalue weighted by atomic mass is 15.0. The first-order chi connectivity index (χ1) is 10.4. The van der Waals surface area contributed by atoms with Gasteiger partial charge in [-0.1, -0.05) is 56.4 Å². The fourth-order valence-corrected chi connectivity index (χ4v) is 6.38. The Morgan fingerprint density at radius 2 is 2.00 bits per heavy atom. The maximum Gasteiger partial charge on any atom is -0.0123 e. The molecule has 3 fully saturated rings. The highest BCUT2D eigenvalue weighted by Gasteiger charge is 2.54. The van der Waals surface area contributed by atoms with Gasteiger partial charge in [0.15, 0.2) is 0 Å². The molecule has 0 N–H and O–H groups in total. The Morgan fingerprint density at radius 1 is 1.27 bits per heavy atom. The van der Waals surface area contributed by atoms with Crippen molar-refractivity contribution >= 4 is 0 Å². The van der Waals surface area contributed by atoms with Gasteiger partial charge < -0.3 is 5.32 Å². The van der Waals surface area contributed by atoms with Crippen LogP contribution in [0.4, 0.5) is 0 Å². The van der Waals surface area contributed by atoms with Gasteiger partial charge in [0.05, 0.1) is 0 Å². The highest BCUT2D eigenvalue weighted by molar-refractivity contribution is 5.28. The van der Waals surface area contributed by atoms with E-state index in [9.17, 15) is 0 Å². The van der Waals surface area contributed by atoms with Crippen molar-refractivity contribution in [2.45, 2.75) is 65.3 Å². The van der Waals surface area contributed by atoms with E-state index in [1.54, 1.807) is 0 Å². The van der Waals surface area contributed by atoms with Crippen LogP contribution in [0.5, 0.6) is 0 Å². The van der Waals surface area contributed by atoms with Crippen molar-refractivity contribution < 1.29 is 0 Å². The normalized spacial score (nSPS) is 47.8. The molecule has 0 radical (unpaired) electrons. The summed E-state index contributed by atoms with van der Waals surface area (Å²) in [5, 5.41) is 5.09. The monoisotopic (exact) mass is 300 g/mol. The summed E-state index contributed by atoms with van der Waals surface area (Å²) in [6.07, 6.45) is 9.12. The molecule has 0 aromatic rings. The van der Waals surface area contributed by atoms with Crippen LogP contribution >= 0.6 is 0 Å². The Labute approximate surface area is 137 Å². The lowest BCUT2D eigenvalue weighted by molar-refractivity contribution is -0.0425. The third-order valence-corrected chi connectivity index (χ3v) is 7.33. The molecule has 0 amide bonds. The molecule has 3 aliphatic rings. The molecule has 0 bridgehead atoms. The second-order valence-electron chi connectivity index (χ2n) is 8.69. The van der Waals surface area contributed by atoms with E-state index in [0.29, 0.717) is 11.8 Å². The summed E-state index contributed by atoms with van der Waals surface area (Å²) < 4.78 is 0. The predicted molar refractivity (Wildman–Crippen MR) is 96.0 cm³/mol. The van der Waals surface area contributed by atoms with Crippen LogP contribution in [-0.2, 0) is 0 Å². The molecule has 3 aliphatic carbocycles. The van der Waals surface area contributed by atoms with Crippen LogP contribution in [0, 0.1) is 35.5 Å². The van der Waals surface area contributed by atoms with E-state index in [4.69, 9.17) is 5.32 Å². The quantitative estimate of drug-likeness (QED) is 0.557. The Bertz CT molecular complexity index is 472. The van der Waals surface area contributed by atoms with Crippen molar-refractivity contribution in [3.63, 3.8) is 0 Å². The van der Waals surface area contributed by atoms with E-state index in [-0.39, 0.29) is 5.54 Å². The first kappa shape index (κ1) is 16.3. The maximum atomic E-state index is 5.09. The number of hydrogen-bond acceptors (Lipinski definition) is 0. The zero-order valence-corrected chi connectivity index (χ0v) is 15.2. The van der Waals surface area contributed by atoms with Crippen LogP contribution in [0.2, 0.25) is 0 Å². The number of nitrogens with zero attached hydrogens (tertiary/aromatic N) is 1. The Hall–Kier alpha value is -0.560. The van der Waals surface area contributed by atoms with Gasteiger partial charge in [-0.3, -0.25) is 0 Å². The summed E-state index contributed by atoms with van der Waals surface area (Å²) in [6.45, 7) is 14.0. The van der Waals surface area contributed by atoms with Crippen LogP contribution in [-0.4, -0.2) is 12.6 Å². The topological polar surface area (TPSA) is 14.1 Å². The molecule has 1 heteroatoms. The minimum atomic E-state index is 0.233. The van der Waals surface area contributed by atoms with Gasteiger partial charge in [-0.25, -0.2) is 0 Å². The number of allylic oxidation sites excluding steroid dienone is 3. The van der Waals surface area contributed by atoms with E-state index in [2.05, 4.69) is 47.4 Å². The van der Waals surface area contributed by atoms with Crippen molar-refractivity contribution in [2.24, 2.45) is 35.5 Å². The lowest BCUT2D eigenvalue weighted by Crippen LogP contribution is -2.59. The molecule has 22 heavy (non-hydrogen) atoms. The summed E-state index contributed by atoms with van der Waals surface area (Å²) in [4.78, 5) is 0. The molecule has 3 rings (SSSR count). The summed E-state index contributed by atoms with van der Waals surface area (Å²) in [6, 6.07) is 0. The largest absolute Gasteiger partial charge is 0.659 e.